The van der Waals surface area contributed by atoms with E-state index in [0.29, 0.717) is 29.7 Å². The molecule has 4 rings (SSSR count). The Labute approximate surface area is 230 Å². The zero-order chi connectivity index (χ0) is 29.2. The molecule has 2 aromatic carbocycles. The van der Waals surface area contributed by atoms with Crippen molar-refractivity contribution >= 4 is 34.9 Å². The van der Waals surface area contributed by atoms with Crippen LogP contribution < -0.4 is 15.5 Å². The number of hydrogen-bond acceptors (Lipinski definition) is 5. The minimum Gasteiger partial charge on any atom is -0.348 e. The zero-order valence-corrected chi connectivity index (χ0v) is 22.5. The molecule has 1 unspecified atom stereocenters. The minimum absolute atomic E-state index is 0.0669. The molecule has 8 nitrogen and oxygen atoms in total. The smallest absolute Gasteiger partial charge is 0.348 e. The van der Waals surface area contributed by atoms with E-state index in [-0.39, 0.29) is 12.3 Å². The van der Waals surface area contributed by atoms with Gasteiger partial charge >= 0.3 is 6.18 Å². The first-order chi connectivity index (χ1) is 18.8. The SMILES string of the molecule is CC(C)C(=O)C(=O)NCC1(C(=O)NC2N=C(c3ccc(C(F)(F)F)cc3)c3ccccc3N(C)C2=O)CCCC1. The molecule has 3 amide bonds. The number of rotatable bonds is 7. The Bertz CT molecular complexity index is 1350. The Morgan fingerprint density at radius 2 is 1.68 bits per heavy atom. The number of amides is 3. The largest absolute Gasteiger partial charge is 0.416 e. The van der Waals surface area contributed by atoms with Crippen LogP contribution in [0.15, 0.2) is 53.5 Å². The number of likely N-dealkylation sites (N-methyl/N-ethyl adjacent to an activating group) is 1. The number of para-hydroxylation sites is 1. The third-order valence-corrected chi connectivity index (χ3v) is 7.47. The molecule has 1 aliphatic heterocycles. The molecule has 2 aromatic rings. The number of alkyl halides is 3. The van der Waals surface area contributed by atoms with Crippen molar-refractivity contribution in [3.05, 3.63) is 65.2 Å². The van der Waals surface area contributed by atoms with E-state index in [9.17, 15) is 32.3 Å². The number of halogens is 3. The van der Waals surface area contributed by atoms with Gasteiger partial charge in [0.1, 0.15) is 0 Å². The molecule has 1 atom stereocenters. The topological polar surface area (TPSA) is 108 Å². The van der Waals surface area contributed by atoms with Gasteiger partial charge in [-0.1, -0.05) is 57.0 Å². The van der Waals surface area contributed by atoms with E-state index in [1.165, 1.54) is 24.1 Å². The molecule has 212 valence electrons. The molecule has 0 saturated heterocycles. The number of carbonyl (C=O) groups excluding carboxylic acids is 4. The summed E-state index contributed by atoms with van der Waals surface area (Å²) in [5, 5.41) is 5.32. The first kappa shape index (κ1) is 29.0. The van der Waals surface area contributed by atoms with Gasteiger partial charge in [0.05, 0.1) is 22.4 Å². The van der Waals surface area contributed by atoms with Crippen LogP contribution in [0.5, 0.6) is 0 Å². The van der Waals surface area contributed by atoms with Gasteiger partial charge in [-0.2, -0.15) is 13.2 Å². The monoisotopic (exact) mass is 556 g/mol. The van der Waals surface area contributed by atoms with E-state index in [1.54, 1.807) is 38.1 Å². The Hall–Kier alpha value is -4.02. The number of fused-ring (bicyclic) bond motifs is 1. The molecule has 0 radical (unpaired) electrons. The van der Waals surface area contributed by atoms with E-state index >= 15 is 0 Å². The van der Waals surface area contributed by atoms with Crippen LogP contribution in [0.3, 0.4) is 0 Å². The summed E-state index contributed by atoms with van der Waals surface area (Å²) in [5.74, 6) is -2.87. The maximum absolute atomic E-state index is 13.7. The molecule has 1 heterocycles. The molecular formula is C29H31F3N4O4. The van der Waals surface area contributed by atoms with E-state index < -0.39 is 52.7 Å². The Kier molecular flexibility index (Phi) is 8.13. The third kappa shape index (κ3) is 5.78. The lowest BCUT2D eigenvalue weighted by atomic mass is 9.84. The van der Waals surface area contributed by atoms with Gasteiger partial charge in [-0.3, -0.25) is 19.2 Å². The van der Waals surface area contributed by atoms with Gasteiger partial charge in [0.2, 0.25) is 17.9 Å². The van der Waals surface area contributed by atoms with Crippen LogP contribution in [-0.2, 0) is 25.4 Å². The normalized spacial score (nSPS) is 18.6. The molecule has 2 N–H and O–H groups in total. The summed E-state index contributed by atoms with van der Waals surface area (Å²) in [7, 11) is 1.54. The van der Waals surface area contributed by atoms with Crippen LogP contribution in [-0.4, -0.2) is 49.0 Å². The maximum Gasteiger partial charge on any atom is 0.416 e. The lowest BCUT2D eigenvalue weighted by molar-refractivity contribution is -0.141. The van der Waals surface area contributed by atoms with Gasteiger partial charge in [0, 0.05) is 30.6 Å². The number of ketones is 1. The van der Waals surface area contributed by atoms with Crippen molar-refractivity contribution in [3.63, 3.8) is 0 Å². The standard InChI is InChI=1S/C29H31F3N4O4/c1-17(2)23(37)25(38)33-16-28(14-6-7-15-28)27(40)35-24-26(39)36(3)21-9-5-4-8-20(21)22(34-24)18-10-12-19(13-11-18)29(30,31)32/h4-5,8-13,17,24H,6-7,14-16H2,1-3H3,(H,33,38)(H,35,40). The van der Waals surface area contributed by atoms with E-state index in [4.69, 9.17) is 0 Å². The summed E-state index contributed by atoms with van der Waals surface area (Å²) in [4.78, 5) is 57.5. The highest BCUT2D eigenvalue weighted by molar-refractivity contribution is 6.36. The highest BCUT2D eigenvalue weighted by atomic mass is 19.4. The van der Waals surface area contributed by atoms with Gasteiger partial charge in [0.25, 0.3) is 11.8 Å². The van der Waals surface area contributed by atoms with Crippen LogP contribution >= 0.6 is 0 Å². The summed E-state index contributed by atoms with van der Waals surface area (Å²) < 4.78 is 39.5. The van der Waals surface area contributed by atoms with Crippen molar-refractivity contribution in [1.82, 2.24) is 10.6 Å². The summed E-state index contributed by atoms with van der Waals surface area (Å²) in [6.45, 7) is 3.15. The van der Waals surface area contributed by atoms with Gasteiger partial charge in [-0.15, -0.1) is 0 Å². The predicted octanol–water partition coefficient (Wildman–Crippen LogP) is 3.86. The van der Waals surface area contributed by atoms with Crippen LogP contribution in [0, 0.1) is 11.3 Å². The lowest BCUT2D eigenvalue weighted by Crippen LogP contribution is -2.54. The summed E-state index contributed by atoms with van der Waals surface area (Å²) in [5.41, 5.74) is -0.253. The van der Waals surface area contributed by atoms with Gasteiger partial charge < -0.3 is 15.5 Å². The number of carbonyl (C=O) groups is 4. The van der Waals surface area contributed by atoms with E-state index in [2.05, 4.69) is 15.6 Å². The predicted molar refractivity (Wildman–Crippen MR) is 143 cm³/mol. The van der Waals surface area contributed by atoms with Gasteiger partial charge in [-0.05, 0) is 31.0 Å². The highest BCUT2D eigenvalue weighted by Gasteiger charge is 2.44. The average molecular weight is 557 g/mol. The summed E-state index contributed by atoms with van der Waals surface area (Å²) in [6.07, 6.45) is -3.54. The van der Waals surface area contributed by atoms with Crippen molar-refractivity contribution in [2.75, 3.05) is 18.5 Å². The van der Waals surface area contributed by atoms with Crippen molar-refractivity contribution in [1.29, 1.82) is 0 Å². The molecule has 2 aliphatic rings. The average Bonchev–Trinajstić information content (AvgIpc) is 3.39. The number of nitrogens with one attached hydrogen (secondary N) is 2. The maximum atomic E-state index is 13.7. The van der Waals surface area contributed by atoms with Crippen molar-refractivity contribution in [3.8, 4) is 0 Å². The molecular weight excluding hydrogens is 525 g/mol. The Morgan fingerprint density at radius 3 is 2.27 bits per heavy atom. The second-order valence-electron chi connectivity index (χ2n) is 10.5. The molecule has 0 bridgehead atoms. The fourth-order valence-electron chi connectivity index (χ4n) is 5.08. The Morgan fingerprint density at radius 1 is 1.05 bits per heavy atom. The first-order valence-electron chi connectivity index (χ1n) is 13.1. The highest BCUT2D eigenvalue weighted by Crippen LogP contribution is 2.38. The fraction of sp³-hybridized carbons (Fsp3) is 0.414. The van der Waals surface area contributed by atoms with Crippen LogP contribution in [0.25, 0.3) is 0 Å². The summed E-state index contributed by atoms with van der Waals surface area (Å²) >= 11 is 0. The van der Waals surface area contributed by atoms with E-state index in [1.807, 2.05) is 0 Å². The van der Waals surface area contributed by atoms with Gasteiger partial charge in [-0.25, -0.2) is 4.99 Å². The fourth-order valence-corrected chi connectivity index (χ4v) is 5.08. The number of benzodiazepines with no additional fused rings is 1. The number of aliphatic imine (C=N–C) groups is 1. The molecule has 40 heavy (non-hydrogen) atoms. The first-order valence-corrected chi connectivity index (χ1v) is 13.1. The molecule has 1 saturated carbocycles. The number of anilines is 1. The molecule has 0 spiro atoms. The lowest BCUT2D eigenvalue weighted by Gasteiger charge is -2.30. The number of nitrogens with zero attached hydrogens (tertiary/aromatic N) is 2. The van der Waals surface area contributed by atoms with Crippen LogP contribution in [0.1, 0.15) is 56.2 Å². The number of hydrogen-bond donors (Lipinski definition) is 2. The van der Waals surface area contributed by atoms with Crippen molar-refractivity contribution in [2.24, 2.45) is 16.3 Å². The second-order valence-corrected chi connectivity index (χ2v) is 10.5. The van der Waals surface area contributed by atoms with Crippen molar-refractivity contribution < 1.29 is 32.3 Å². The molecule has 11 heteroatoms. The zero-order valence-electron chi connectivity index (χ0n) is 22.5. The Balaban J connectivity index is 1.67. The van der Waals surface area contributed by atoms with Crippen LogP contribution in [0.4, 0.5) is 18.9 Å². The van der Waals surface area contributed by atoms with Gasteiger partial charge in [0.15, 0.2) is 0 Å². The molecule has 1 aliphatic carbocycles. The quantitative estimate of drug-likeness (QED) is 0.505. The second kappa shape index (κ2) is 11.2. The van der Waals surface area contributed by atoms with Crippen LogP contribution in [0.2, 0.25) is 0 Å². The third-order valence-electron chi connectivity index (χ3n) is 7.47. The molecule has 0 aromatic heterocycles. The summed E-state index contributed by atoms with van der Waals surface area (Å²) in [6, 6.07) is 11.3. The molecule has 1 fully saturated rings. The minimum atomic E-state index is -4.51. The van der Waals surface area contributed by atoms with Crippen molar-refractivity contribution in [2.45, 2.75) is 51.9 Å². The number of benzene rings is 2. The van der Waals surface area contributed by atoms with E-state index in [0.717, 1.165) is 25.0 Å². The number of Topliss-reactive ketones (excluding diaryl/α,β-unsaturated/α-hetero) is 1.